The van der Waals surface area contributed by atoms with Gasteiger partial charge in [0, 0.05) is 26.2 Å². The number of carbonyl (C=O) groups excluding carboxylic acids is 1. The van der Waals surface area contributed by atoms with E-state index in [0.29, 0.717) is 24.4 Å². The van der Waals surface area contributed by atoms with Crippen molar-refractivity contribution in [3.05, 3.63) is 17.5 Å². The van der Waals surface area contributed by atoms with Crippen LogP contribution in [0.3, 0.4) is 0 Å². The van der Waals surface area contributed by atoms with E-state index >= 15 is 0 Å². The second-order valence-corrected chi connectivity index (χ2v) is 4.43. The lowest BCUT2D eigenvalue weighted by Crippen LogP contribution is -2.51. The molecule has 1 aliphatic rings. The van der Waals surface area contributed by atoms with E-state index in [1.165, 1.54) is 6.20 Å². The number of amides is 1. The molecule has 6 heteroatoms. The molecule has 0 aliphatic carbocycles. The summed E-state index contributed by atoms with van der Waals surface area (Å²) in [5, 5.41) is 12.5. The first-order valence-electron chi connectivity index (χ1n) is 5.97. The van der Waals surface area contributed by atoms with Crippen LogP contribution in [0.4, 0.5) is 0 Å². The van der Waals surface area contributed by atoms with Crippen molar-refractivity contribution in [1.82, 2.24) is 15.0 Å². The highest BCUT2D eigenvalue weighted by Gasteiger charge is 2.26. The van der Waals surface area contributed by atoms with Crippen LogP contribution in [0.2, 0.25) is 0 Å². The van der Waals surface area contributed by atoms with Crippen LogP contribution in [-0.4, -0.2) is 53.1 Å². The van der Waals surface area contributed by atoms with Crippen LogP contribution in [0.1, 0.15) is 23.0 Å². The predicted molar refractivity (Wildman–Crippen MR) is 63.8 cm³/mol. The van der Waals surface area contributed by atoms with E-state index in [1.807, 2.05) is 6.92 Å². The summed E-state index contributed by atoms with van der Waals surface area (Å²) >= 11 is 0. The van der Waals surface area contributed by atoms with Crippen LogP contribution >= 0.6 is 0 Å². The molecule has 0 aromatic carbocycles. The van der Waals surface area contributed by atoms with Gasteiger partial charge in [0.2, 0.25) is 0 Å². The molecule has 1 unspecified atom stereocenters. The lowest BCUT2D eigenvalue weighted by atomic mass is 10.2. The smallest absolute Gasteiger partial charge is 0.259 e. The van der Waals surface area contributed by atoms with Crippen LogP contribution in [0.15, 0.2) is 10.7 Å². The Morgan fingerprint density at radius 2 is 2.17 bits per heavy atom. The third-order valence-electron chi connectivity index (χ3n) is 3.32. The maximum absolute atomic E-state index is 12.2. The van der Waals surface area contributed by atoms with Gasteiger partial charge in [-0.05, 0) is 13.8 Å². The van der Waals surface area contributed by atoms with Crippen molar-refractivity contribution in [3.8, 4) is 6.07 Å². The van der Waals surface area contributed by atoms with Crippen LogP contribution in [-0.2, 0) is 0 Å². The number of rotatable bonds is 2. The Balaban J connectivity index is 1.97. The number of hydrogen-bond donors (Lipinski definition) is 0. The number of carbonyl (C=O) groups is 1. The maximum Gasteiger partial charge on any atom is 0.259 e. The number of aromatic nitrogens is 1. The molecule has 0 spiro atoms. The van der Waals surface area contributed by atoms with Crippen LogP contribution in [0, 0.1) is 18.3 Å². The zero-order chi connectivity index (χ0) is 13.1. The monoisotopic (exact) mass is 248 g/mol. The van der Waals surface area contributed by atoms with Gasteiger partial charge in [-0.3, -0.25) is 9.69 Å². The molecule has 18 heavy (non-hydrogen) atoms. The van der Waals surface area contributed by atoms with Crippen molar-refractivity contribution in [2.75, 3.05) is 26.2 Å². The van der Waals surface area contributed by atoms with Crippen molar-refractivity contribution < 1.29 is 9.32 Å². The largest absolute Gasteiger partial charge is 0.361 e. The Morgan fingerprint density at radius 1 is 1.50 bits per heavy atom. The summed E-state index contributed by atoms with van der Waals surface area (Å²) in [5.74, 6) is 0.505. The molecule has 1 saturated heterocycles. The molecule has 2 rings (SSSR count). The quantitative estimate of drug-likeness (QED) is 0.768. The zero-order valence-electron chi connectivity index (χ0n) is 10.6. The zero-order valence-corrected chi connectivity index (χ0v) is 10.6. The van der Waals surface area contributed by atoms with Crippen molar-refractivity contribution >= 4 is 5.91 Å². The Labute approximate surface area is 106 Å². The summed E-state index contributed by atoms with van der Waals surface area (Å²) in [6.07, 6.45) is 1.46. The highest BCUT2D eigenvalue weighted by Crippen LogP contribution is 2.13. The first-order chi connectivity index (χ1) is 8.63. The molecule has 1 atom stereocenters. The summed E-state index contributed by atoms with van der Waals surface area (Å²) in [4.78, 5) is 16.0. The van der Waals surface area contributed by atoms with Crippen LogP contribution in [0.25, 0.3) is 0 Å². The van der Waals surface area contributed by atoms with Gasteiger partial charge in [-0.25, -0.2) is 0 Å². The second kappa shape index (κ2) is 5.19. The molecular formula is C12H16N4O2. The molecule has 0 saturated carbocycles. The third-order valence-corrected chi connectivity index (χ3v) is 3.32. The van der Waals surface area contributed by atoms with Gasteiger partial charge in [-0.2, -0.15) is 5.26 Å². The lowest BCUT2D eigenvalue weighted by Gasteiger charge is -2.35. The number of nitriles is 1. The summed E-state index contributed by atoms with van der Waals surface area (Å²) in [6.45, 7) is 6.33. The van der Waals surface area contributed by atoms with E-state index in [9.17, 15) is 4.79 Å². The van der Waals surface area contributed by atoms with E-state index in [2.05, 4.69) is 16.1 Å². The Kier molecular flexibility index (Phi) is 3.63. The number of piperazine rings is 1. The van der Waals surface area contributed by atoms with Crippen molar-refractivity contribution in [2.45, 2.75) is 19.9 Å². The first kappa shape index (κ1) is 12.6. The summed E-state index contributed by atoms with van der Waals surface area (Å²) in [7, 11) is 0. The van der Waals surface area contributed by atoms with Crippen molar-refractivity contribution in [1.29, 1.82) is 5.26 Å². The topological polar surface area (TPSA) is 73.4 Å². The van der Waals surface area contributed by atoms with Gasteiger partial charge < -0.3 is 9.42 Å². The van der Waals surface area contributed by atoms with Gasteiger partial charge in [-0.15, -0.1) is 0 Å². The third kappa shape index (κ3) is 2.36. The molecule has 0 bridgehead atoms. The fraction of sp³-hybridized carbons (Fsp3) is 0.583. The Hall–Kier alpha value is -1.87. The summed E-state index contributed by atoms with van der Waals surface area (Å²) < 4.78 is 4.90. The second-order valence-electron chi connectivity index (χ2n) is 4.43. The highest BCUT2D eigenvalue weighted by atomic mass is 16.5. The van der Waals surface area contributed by atoms with E-state index in [-0.39, 0.29) is 11.9 Å². The minimum absolute atomic E-state index is 0.0435. The molecule has 2 heterocycles. The summed E-state index contributed by atoms with van der Waals surface area (Å²) in [6, 6.07) is 2.12. The predicted octanol–water partition coefficient (Wildman–Crippen LogP) is 0.653. The fourth-order valence-corrected chi connectivity index (χ4v) is 2.07. The van der Waals surface area contributed by atoms with Gasteiger partial charge >= 0.3 is 0 Å². The molecule has 1 aromatic rings. The van der Waals surface area contributed by atoms with E-state index < -0.39 is 0 Å². The average molecular weight is 248 g/mol. The lowest BCUT2D eigenvalue weighted by molar-refractivity contribution is 0.0614. The number of aryl methyl sites for hydroxylation is 1. The van der Waals surface area contributed by atoms with Gasteiger partial charge in [0.1, 0.15) is 11.3 Å². The van der Waals surface area contributed by atoms with Crippen LogP contribution in [0.5, 0.6) is 0 Å². The average Bonchev–Trinajstić information content (AvgIpc) is 2.83. The molecular weight excluding hydrogens is 232 g/mol. The van der Waals surface area contributed by atoms with Crippen LogP contribution < -0.4 is 0 Å². The van der Waals surface area contributed by atoms with Gasteiger partial charge in [0.05, 0.1) is 18.3 Å². The van der Waals surface area contributed by atoms with E-state index in [0.717, 1.165) is 13.1 Å². The van der Waals surface area contributed by atoms with Gasteiger partial charge in [0.25, 0.3) is 5.91 Å². The molecule has 1 fully saturated rings. The molecule has 6 nitrogen and oxygen atoms in total. The van der Waals surface area contributed by atoms with Crippen molar-refractivity contribution in [3.63, 3.8) is 0 Å². The fourth-order valence-electron chi connectivity index (χ4n) is 2.07. The molecule has 1 aliphatic heterocycles. The normalized spacial score (nSPS) is 18.4. The molecule has 0 radical (unpaired) electrons. The SMILES string of the molecule is Cc1oncc1C(=O)N1CCN(C(C)C#N)CC1. The Bertz CT molecular complexity index is 469. The molecule has 1 aromatic heterocycles. The Morgan fingerprint density at radius 3 is 2.67 bits per heavy atom. The minimum Gasteiger partial charge on any atom is -0.361 e. The van der Waals surface area contributed by atoms with E-state index in [4.69, 9.17) is 9.78 Å². The summed E-state index contributed by atoms with van der Waals surface area (Å²) in [5.41, 5.74) is 0.525. The standard InChI is InChI=1S/C12H16N4O2/c1-9(7-13)15-3-5-16(6-4-15)12(17)11-8-14-18-10(11)2/h8-9H,3-6H2,1-2H3. The van der Waals surface area contributed by atoms with Crippen molar-refractivity contribution in [2.24, 2.45) is 0 Å². The maximum atomic E-state index is 12.2. The van der Waals surface area contributed by atoms with Gasteiger partial charge in [-0.1, -0.05) is 5.16 Å². The highest BCUT2D eigenvalue weighted by molar-refractivity contribution is 5.94. The first-order valence-corrected chi connectivity index (χ1v) is 5.97. The molecule has 0 N–H and O–H groups in total. The van der Waals surface area contributed by atoms with E-state index in [1.54, 1.807) is 11.8 Å². The van der Waals surface area contributed by atoms with Gasteiger partial charge in [0.15, 0.2) is 0 Å². The number of nitrogens with zero attached hydrogens (tertiary/aromatic N) is 4. The molecule has 1 amide bonds. The molecule has 96 valence electrons. The number of hydrogen-bond acceptors (Lipinski definition) is 5. The minimum atomic E-state index is -0.0976.